The molecule has 112 valence electrons. The fourth-order valence-electron chi connectivity index (χ4n) is 2.06. The van der Waals surface area contributed by atoms with Crippen molar-refractivity contribution < 1.29 is 14.3 Å². The summed E-state index contributed by atoms with van der Waals surface area (Å²) in [6.45, 7) is 8.50. The molecule has 0 saturated carbocycles. The summed E-state index contributed by atoms with van der Waals surface area (Å²) in [6, 6.07) is 7.48. The summed E-state index contributed by atoms with van der Waals surface area (Å²) in [6.07, 6.45) is 0.541. The van der Waals surface area contributed by atoms with Gasteiger partial charge in [0.05, 0.1) is 18.6 Å². The number of carbonyl (C=O) groups excluding carboxylic acids is 1. The SMILES string of the molecule is CCOC(=O)C(C)(C)CC(N)c1ccc(OCC)cc1. The van der Waals surface area contributed by atoms with E-state index in [9.17, 15) is 4.79 Å². The van der Waals surface area contributed by atoms with Crippen LogP contribution in [0, 0.1) is 5.41 Å². The van der Waals surface area contributed by atoms with Gasteiger partial charge in [-0.2, -0.15) is 0 Å². The molecule has 4 nitrogen and oxygen atoms in total. The third-order valence-corrected chi connectivity index (χ3v) is 3.18. The molecule has 1 aromatic rings. The molecule has 0 saturated heterocycles. The van der Waals surface area contributed by atoms with Crippen LogP contribution in [0.4, 0.5) is 0 Å². The number of esters is 1. The molecule has 1 aromatic carbocycles. The van der Waals surface area contributed by atoms with E-state index in [1.165, 1.54) is 0 Å². The highest BCUT2D eigenvalue weighted by Crippen LogP contribution is 2.30. The van der Waals surface area contributed by atoms with Gasteiger partial charge < -0.3 is 15.2 Å². The van der Waals surface area contributed by atoms with E-state index in [-0.39, 0.29) is 12.0 Å². The van der Waals surface area contributed by atoms with E-state index in [2.05, 4.69) is 0 Å². The second-order valence-electron chi connectivity index (χ2n) is 5.42. The van der Waals surface area contributed by atoms with E-state index < -0.39 is 5.41 Å². The van der Waals surface area contributed by atoms with Crippen molar-refractivity contribution in [2.75, 3.05) is 13.2 Å². The summed E-state index contributed by atoms with van der Waals surface area (Å²) < 4.78 is 10.5. The first-order valence-corrected chi connectivity index (χ1v) is 7.06. The number of ether oxygens (including phenoxy) is 2. The fourth-order valence-corrected chi connectivity index (χ4v) is 2.06. The number of rotatable bonds is 7. The normalized spacial score (nSPS) is 12.8. The van der Waals surface area contributed by atoms with Gasteiger partial charge >= 0.3 is 5.97 Å². The maximum Gasteiger partial charge on any atom is 0.311 e. The minimum atomic E-state index is -0.589. The molecule has 0 spiro atoms. The molecule has 0 heterocycles. The first kappa shape index (κ1) is 16.5. The second kappa shape index (κ2) is 7.29. The molecule has 0 amide bonds. The zero-order valence-electron chi connectivity index (χ0n) is 12.8. The quantitative estimate of drug-likeness (QED) is 0.779. The van der Waals surface area contributed by atoms with Gasteiger partial charge in [-0.05, 0) is 51.8 Å². The molecule has 0 bridgehead atoms. The van der Waals surface area contributed by atoms with Gasteiger partial charge in [-0.25, -0.2) is 0 Å². The van der Waals surface area contributed by atoms with Crippen molar-refractivity contribution in [2.24, 2.45) is 11.1 Å². The van der Waals surface area contributed by atoms with Crippen molar-refractivity contribution >= 4 is 5.97 Å². The highest BCUT2D eigenvalue weighted by atomic mass is 16.5. The molecule has 0 aromatic heterocycles. The van der Waals surface area contributed by atoms with Gasteiger partial charge in [0.1, 0.15) is 5.75 Å². The average molecular weight is 279 g/mol. The molecule has 2 N–H and O–H groups in total. The number of carbonyl (C=O) groups is 1. The van der Waals surface area contributed by atoms with Crippen LogP contribution in [0.15, 0.2) is 24.3 Å². The molecule has 0 fully saturated rings. The van der Waals surface area contributed by atoms with Crippen LogP contribution in [0.1, 0.15) is 45.7 Å². The van der Waals surface area contributed by atoms with E-state index >= 15 is 0 Å². The summed E-state index contributed by atoms with van der Waals surface area (Å²) in [7, 11) is 0. The van der Waals surface area contributed by atoms with Crippen LogP contribution in [0.2, 0.25) is 0 Å². The molecule has 1 unspecified atom stereocenters. The Kier molecular flexibility index (Phi) is 6.02. The zero-order valence-corrected chi connectivity index (χ0v) is 12.8. The van der Waals surface area contributed by atoms with Crippen LogP contribution in [-0.2, 0) is 9.53 Å². The first-order chi connectivity index (χ1) is 9.40. The van der Waals surface area contributed by atoms with Gasteiger partial charge in [-0.15, -0.1) is 0 Å². The summed E-state index contributed by atoms with van der Waals surface area (Å²) >= 11 is 0. The van der Waals surface area contributed by atoms with Gasteiger partial charge in [0.2, 0.25) is 0 Å². The Morgan fingerprint density at radius 1 is 1.20 bits per heavy atom. The molecular weight excluding hydrogens is 254 g/mol. The van der Waals surface area contributed by atoms with Crippen molar-refractivity contribution in [1.82, 2.24) is 0 Å². The Bertz CT molecular complexity index is 426. The smallest absolute Gasteiger partial charge is 0.311 e. The predicted octanol–water partition coefficient (Wildman–Crippen LogP) is 3.06. The molecule has 0 aliphatic carbocycles. The third-order valence-electron chi connectivity index (χ3n) is 3.18. The summed E-state index contributed by atoms with van der Waals surface area (Å²) in [5, 5.41) is 0. The topological polar surface area (TPSA) is 61.5 Å². The molecule has 1 atom stereocenters. The van der Waals surface area contributed by atoms with E-state index in [4.69, 9.17) is 15.2 Å². The number of hydrogen-bond donors (Lipinski definition) is 1. The summed E-state index contributed by atoms with van der Waals surface area (Å²) in [4.78, 5) is 11.9. The van der Waals surface area contributed by atoms with E-state index in [1.54, 1.807) is 6.92 Å². The molecule has 0 radical (unpaired) electrons. The first-order valence-electron chi connectivity index (χ1n) is 7.06. The van der Waals surface area contributed by atoms with Gasteiger partial charge in [-0.3, -0.25) is 4.79 Å². The Morgan fingerprint density at radius 3 is 2.30 bits per heavy atom. The minimum Gasteiger partial charge on any atom is -0.494 e. The Labute approximate surface area is 121 Å². The number of benzene rings is 1. The maximum atomic E-state index is 11.9. The predicted molar refractivity (Wildman–Crippen MR) is 79.6 cm³/mol. The van der Waals surface area contributed by atoms with E-state index in [1.807, 2.05) is 45.0 Å². The molecule has 1 rings (SSSR count). The largest absolute Gasteiger partial charge is 0.494 e. The third kappa shape index (κ3) is 4.53. The van der Waals surface area contributed by atoms with Gasteiger partial charge in [0, 0.05) is 6.04 Å². The zero-order chi connectivity index (χ0) is 15.2. The molecule has 0 aliphatic heterocycles. The highest BCUT2D eigenvalue weighted by Gasteiger charge is 2.31. The Morgan fingerprint density at radius 2 is 1.80 bits per heavy atom. The average Bonchev–Trinajstić information content (AvgIpc) is 2.39. The molecular formula is C16H25NO3. The molecule has 0 aliphatic rings. The van der Waals surface area contributed by atoms with Crippen LogP contribution < -0.4 is 10.5 Å². The van der Waals surface area contributed by atoms with Crippen LogP contribution in [0.25, 0.3) is 0 Å². The summed E-state index contributed by atoms with van der Waals surface area (Å²) in [5.74, 6) is 0.620. The maximum absolute atomic E-state index is 11.9. The Balaban J connectivity index is 2.70. The van der Waals surface area contributed by atoms with Crippen molar-refractivity contribution in [3.05, 3.63) is 29.8 Å². The minimum absolute atomic E-state index is 0.204. The molecule has 4 heteroatoms. The van der Waals surface area contributed by atoms with E-state index in [0.29, 0.717) is 19.6 Å². The van der Waals surface area contributed by atoms with Gasteiger partial charge in [0.25, 0.3) is 0 Å². The lowest BCUT2D eigenvalue weighted by molar-refractivity contribution is -0.154. The fraction of sp³-hybridized carbons (Fsp3) is 0.562. The number of hydrogen-bond acceptors (Lipinski definition) is 4. The van der Waals surface area contributed by atoms with Crippen molar-refractivity contribution in [2.45, 2.75) is 40.2 Å². The summed E-state index contributed by atoms with van der Waals surface area (Å²) in [5.41, 5.74) is 6.59. The lowest BCUT2D eigenvalue weighted by atomic mass is 9.84. The van der Waals surface area contributed by atoms with Crippen molar-refractivity contribution in [3.63, 3.8) is 0 Å². The standard InChI is InChI=1S/C16H25NO3/c1-5-19-13-9-7-12(8-10-13)14(17)11-16(3,4)15(18)20-6-2/h7-10,14H,5-6,11,17H2,1-4H3. The molecule has 20 heavy (non-hydrogen) atoms. The lowest BCUT2D eigenvalue weighted by Crippen LogP contribution is -2.31. The lowest BCUT2D eigenvalue weighted by Gasteiger charge is -2.26. The van der Waals surface area contributed by atoms with Gasteiger partial charge in [-0.1, -0.05) is 12.1 Å². The van der Waals surface area contributed by atoms with Crippen molar-refractivity contribution in [1.29, 1.82) is 0 Å². The highest BCUT2D eigenvalue weighted by molar-refractivity contribution is 5.75. The monoisotopic (exact) mass is 279 g/mol. The second-order valence-corrected chi connectivity index (χ2v) is 5.42. The van der Waals surface area contributed by atoms with Crippen molar-refractivity contribution in [3.8, 4) is 5.75 Å². The Hall–Kier alpha value is -1.55. The van der Waals surface area contributed by atoms with Crippen LogP contribution in [0.3, 0.4) is 0 Å². The van der Waals surface area contributed by atoms with Crippen LogP contribution >= 0.6 is 0 Å². The number of nitrogens with two attached hydrogens (primary N) is 1. The van der Waals surface area contributed by atoms with E-state index in [0.717, 1.165) is 11.3 Å². The van der Waals surface area contributed by atoms with Gasteiger partial charge in [0.15, 0.2) is 0 Å². The van der Waals surface area contributed by atoms with Crippen LogP contribution in [-0.4, -0.2) is 19.2 Å². The van der Waals surface area contributed by atoms with Crippen LogP contribution in [0.5, 0.6) is 5.75 Å².